The lowest BCUT2D eigenvalue weighted by molar-refractivity contribution is -0.128. The Hall–Kier alpha value is -2.87. The van der Waals surface area contributed by atoms with Crippen LogP contribution in [-0.4, -0.2) is 22.3 Å². The maximum Gasteiger partial charge on any atom is 0.222 e. The number of nitriles is 1. The number of hydrogen-bond donors (Lipinski definition) is 1. The highest BCUT2D eigenvalue weighted by Gasteiger charge is 2.19. The Labute approximate surface area is 129 Å². The molecule has 1 aromatic carbocycles. The first kappa shape index (κ1) is 14.1. The Bertz CT molecular complexity index is 718. The van der Waals surface area contributed by atoms with E-state index in [0.29, 0.717) is 24.5 Å². The lowest BCUT2D eigenvalue weighted by Gasteiger charge is -2.15. The highest BCUT2D eigenvalue weighted by atomic mass is 16.2. The molecule has 110 valence electrons. The Morgan fingerprint density at radius 2 is 2.05 bits per heavy atom. The van der Waals surface area contributed by atoms with E-state index in [0.717, 1.165) is 24.2 Å². The normalized spacial score (nSPS) is 14.0. The number of rotatable bonds is 4. The molecule has 0 bridgehead atoms. The number of hydrogen-bond acceptors (Lipinski definition) is 4. The van der Waals surface area contributed by atoms with Gasteiger partial charge in [0.15, 0.2) is 0 Å². The number of aromatic nitrogens is 1. The zero-order chi connectivity index (χ0) is 15.4. The van der Waals surface area contributed by atoms with Crippen LogP contribution >= 0.6 is 0 Å². The van der Waals surface area contributed by atoms with Gasteiger partial charge in [0.05, 0.1) is 0 Å². The van der Waals surface area contributed by atoms with Crippen LogP contribution in [-0.2, 0) is 11.3 Å². The number of anilines is 2. The SMILES string of the molecule is N#Cc1cccc(Nc2ccc(CN3CCCC3=O)cc2)n1. The van der Waals surface area contributed by atoms with E-state index >= 15 is 0 Å². The fourth-order valence-electron chi connectivity index (χ4n) is 2.50. The first-order valence-electron chi connectivity index (χ1n) is 7.25. The van der Waals surface area contributed by atoms with Gasteiger partial charge in [0.25, 0.3) is 0 Å². The van der Waals surface area contributed by atoms with E-state index in [2.05, 4.69) is 10.3 Å². The minimum Gasteiger partial charge on any atom is -0.340 e. The molecule has 0 spiro atoms. The maximum absolute atomic E-state index is 11.6. The van der Waals surface area contributed by atoms with Gasteiger partial charge in [-0.15, -0.1) is 0 Å². The molecule has 1 aromatic heterocycles. The second kappa shape index (κ2) is 6.27. The molecule has 2 aromatic rings. The van der Waals surface area contributed by atoms with Crippen LogP contribution in [0.25, 0.3) is 0 Å². The summed E-state index contributed by atoms with van der Waals surface area (Å²) in [6.07, 6.45) is 1.62. The summed E-state index contributed by atoms with van der Waals surface area (Å²) in [5.41, 5.74) is 2.40. The van der Waals surface area contributed by atoms with Gasteiger partial charge in [0.1, 0.15) is 17.6 Å². The lowest BCUT2D eigenvalue weighted by Crippen LogP contribution is -2.23. The summed E-state index contributed by atoms with van der Waals surface area (Å²) in [5, 5.41) is 12.0. The Morgan fingerprint density at radius 3 is 2.73 bits per heavy atom. The average Bonchev–Trinajstić information content (AvgIpc) is 2.94. The zero-order valence-corrected chi connectivity index (χ0v) is 12.1. The smallest absolute Gasteiger partial charge is 0.222 e. The first-order valence-corrected chi connectivity index (χ1v) is 7.25. The molecule has 5 nitrogen and oxygen atoms in total. The van der Waals surface area contributed by atoms with Crippen LogP contribution in [0.5, 0.6) is 0 Å². The van der Waals surface area contributed by atoms with Crippen molar-refractivity contribution in [1.82, 2.24) is 9.88 Å². The number of nitrogens with zero attached hydrogens (tertiary/aromatic N) is 3. The maximum atomic E-state index is 11.6. The molecular formula is C17H16N4O. The van der Waals surface area contributed by atoms with Gasteiger partial charge in [-0.2, -0.15) is 5.26 Å². The quantitative estimate of drug-likeness (QED) is 0.940. The molecular weight excluding hydrogens is 276 g/mol. The summed E-state index contributed by atoms with van der Waals surface area (Å²) in [6.45, 7) is 1.52. The summed E-state index contributed by atoms with van der Waals surface area (Å²) >= 11 is 0. The molecule has 1 aliphatic heterocycles. The minimum atomic E-state index is 0.236. The van der Waals surface area contributed by atoms with E-state index < -0.39 is 0 Å². The fraction of sp³-hybridized carbons (Fsp3) is 0.235. The van der Waals surface area contributed by atoms with Crippen molar-refractivity contribution in [3.63, 3.8) is 0 Å². The van der Waals surface area contributed by atoms with Crippen LogP contribution in [0.4, 0.5) is 11.5 Å². The van der Waals surface area contributed by atoms with E-state index in [1.165, 1.54) is 0 Å². The summed E-state index contributed by atoms with van der Waals surface area (Å²) in [5.74, 6) is 0.876. The first-order chi connectivity index (χ1) is 10.7. The molecule has 1 N–H and O–H groups in total. The monoisotopic (exact) mass is 292 g/mol. The van der Waals surface area contributed by atoms with Gasteiger partial charge in [-0.1, -0.05) is 18.2 Å². The highest BCUT2D eigenvalue weighted by molar-refractivity contribution is 5.78. The molecule has 0 unspecified atom stereocenters. The lowest BCUT2D eigenvalue weighted by atomic mass is 10.2. The van der Waals surface area contributed by atoms with E-state index in [9.17, 15) is 4.79 Å². The third-order valence-electron chi connectivity index (χ3n) is 3.63. The van der Waals surface area contributed by atoms with Gasteiger partial charge < -0.3 is 10.2 Å². The molecule has 0 atom stereocenters. The highest BCUT2D eigenvalue weighted by Crippen LogP contribution is 2.18. The predicted molar refractivity (Wildman–Crippen MR) is 83.3 cm³/mol. The molecule has 1 saturated heterocycles. The van der Waals surface area contributed by atoms with Crippen molar-refractivity contribution in [2.75, 3.05) is 11.9 Å². The third kappa shape index (κ3) is 3.23. The Balaban J connectivity index is 1.66. The van der Waals surface area contributed by atoms with Crippen molar-refractivity contribution in [1.29, 1.82) is 5.26 Å². The van der Waals surface area contributed by atoms with Crippen LogP contribution < -0.4 is 5.32 Å². The van der Waals surface area contributed by atoms with Crippen molar-refractivity contribution in [3.05, 3.63) is 53.7 Å². The topological polar surface area (TPSA) is 69.0 Å². The standard InChI is InChI=1S/C17H16N4O/c18-11-15-3-1-4-16(20-15)19-14-8-6-13(7-9-14)12-21-10-2-5-17(21)22/h1,3-4,6-9H,2,5,10,12H2,(H,19,20). The van der Waals surface area contributed by atoms with Crippen LogP contribution in [0.1, 0.15) is 24.1 Å². The van der Waals surface area contributed by atoms with Gasteiger partial charge in [0.2, 0.25) is 5.91 Å². The van der Waals surface area contributed by atoms with Crippen LogP contribution in [0.3, 0.4) is 0 Å². The van der Waals surface area contributed by atoms with Crippen molar-refractivity contribution < 1.29 is 4.79 Å². The van der Waals surface area contributed by atoms with E-state index in [4.69, 9.17) is 5.26 Å². The number of nitrogens with one attached hydrogen (secondary N) is 1. The van der Waals surface area contributed by atoms with Crippen molar-refractivity contribution in [3.8, 4) is 6.07 Å². The van der Waals surface area contributed by atoms with Gasteiger partial charge in [-0.3, -0.25) is 4.79 Å². The number of benzene rings is 1. The molecule has 0 aliphatic carbocycles. The second-order valence-electron chi connectivity index (χ2n) is 5.26. The number of likely N-dealkylation sites (tertiary alicyclic amines) is 1. The van der Waals surface area contributed by atoms with Gasteiger partial charge in [-0.05, 0) is 36.2 Å². The molecule has 1 fully saturated rings. The number of carbonyl (C=O) groups is 1. The van der Waals surface area contributed by atoms with Crippen molar-refractivity contribution >= 4 is 17.4 Å². The molecule has 22 heavy (non-hydrogen) atoms. The van der Waals surface area contributed by atoms with Gasteiger partial charge in [-0.25, -0.2) is 4.98 Å². The average molecular weight is 292 g/mol. The number of pyridine rings is 1. The summed E-state index contributed by atoms with van der Waals surface area (Å²) < 4.78 is 0. The summed E-state index contributed by atoms with van der Waals surface area (Å²) in [7, 11) is 0. The van der Waals surface area contributed by atoms with Crippen LogP contribution in [0.15, 0.2) is 42.5 Å². The predicted octanol–water partition coefficient (Wildman–Crippen LogP) is 2.82. The summed E-state index contributed by atoms with van der Waals surface area (Å²) in [4.78, 5) is 17.7. The molecule has 0 radical (unpaired) electrons. The van der Waals surface area contributed by atoms with Gasteiger partial charge in [0, 0.05) is 25.2 Å². The Kier molecular flexibility index (Phi) is 4.01. The zero-order valence-electron chi connectivity index (χ0n) is 12.1. The van der Waals surface area contributed by atoms with Crippen molar-refractivity contribution in [2.45, 2.75) is 19.4 Å². The van der Waals surface area contributed by atoms with Crippen LogP contribution in [0.2, 0.25) is 0 Å². The molecule has 3 rings (SSSR count). The Morgan fingerprint density at radius 1 is 1.23 bits per heavy atom. The largest absolute Gasteiger partial charge is 0.340 e. The second-order valence-corrected chi connectivity index (χ2v) is 5.26. The number of amides is 1. The molecule has 5 heteroatoms. The van der Waals surface area contributed by atoms with Gasteiger partial charge >= 0.3 is 0 Å². The van der Waals surface area contributed by atoms with E-state index in [1.807, 2.05) is 41.3 Å². The molecule has 2 heterocycles. The minimum absolute atomic E-state index is 0.236. The van der Waals surface area contributed by atoms with E-state index in [-0.39, 0.29) is 5.91 Å². The summed E-state index contributed by atoms with van der Waals surface area (Å²) in [6, 6.07) is 15.2. The van der Waals surface area contributed by atoms with Crippen molar-refractivity contribution in [2.24, 2.45) is 0 Å². The molecule has 1 aliphatic rings. The van der Waals surface area contributed by atoms with E-state index in [1.54, 1.807) is 12.1 Å². The third-order valence-corrected chi connectivity index (χ3v) is 3.63. The fourth-order valence-corrected chi connectivity index (χ4v) is 2.50. The number of carbonyl (C=O) groups excluding carboxylic acids is 1. The van der Waals surface area contributed by atoms with Crippen LogP contribution in [0, 0.1) is 11.3 Å². The molecule has 1 amide bonds. The molecule has 0 saturated carbocycles.